The molecule has 1 fully saturated rings. The molecule has 124 valence electrons. The van der Waals surface area contributed by atoms with E-state index in [4.69, 9.17) is 0 Å². The maximum atomic E-state index is 11.8. The van der Waals surface area contributed by atoms with Gasteiger partial charge in [-0.15, -0.1) is 0 Å². The van der Waals surface area contributed by atoms with Crippen molar-refractivity contribution in [3.05, 3.63) is 71.8 Å². The Morgan fingerprint density at radius 3 is 1.92 bits per heavy atom. The van der Waals surface area contributed by atoms with Gasteiger partial charge >= 0.3 is 5.97 Å². The van der Waals surface area contributed by atoms with E-state index in [2.05, 4.69) is 4.99 Å². The van der Waals surface area contributed by atoms with E-state index in [9.17, 15) is 15.0 Å². The molecule has 3 unspecified atom stereocenters. The summed E-state index contributed by atoms with van der Waals surface area (Å²) in [5.41, 5.74) is 2.41. The SMILES string of the molecule is O=C(O)C(N=C(c1ccccc1)c1ccccc1)C1CCCC1O. The van der Waals surface area contributed by atoms with Crippen molar-refractivity contribution in [1.82, 2.24) is 0 Å². The van der Waals surface area contributed by atoms with Crippen molar-refractivity contribution in [3.63, 3.8) is 0 Å². The van der Waals surface area contributed by atoms with Crippen LogP contribution in [-0.4, -0.2) is 34.0 Å². The second kappa shape index (κ2) is 7.41. The Morgan fingerprint density at radius 2 is 1.50 bits per heavy atom. The van der Waals surface area contributed by atoms with Gasteiger partial charge in [0, 0.05) is 17.0 Å². The van der Waals surface area contributed by atoms with Gasteiger partial charge in [-0.3, -0.25) is 4.99 Å². The average molecular weight is 323 g/mol. The molecule has 4 heteroatoms. The van der Waals surface area contributed by atoms with Gasteiger partial charge in [0.05, 0.1) is 11.8 Å². The number of hydrogen-bond donors (Lipinski definition) is 2. The smallest absolute Gasteiger partial charge is 0.328 e. The summed E-state index contributed by atoms with van der Waals surface area (Å²) in [5, 5.41) is 19.8. The molecule has 0 radical (unpaired) electrons. The van der Waals surface area contributed by atoms with E-state index in [0.29, 0.717) is 18.6 Å². The number of rotatable bonds is 5. The number of hydrogen-bond acceptors (Lipinski definition) is 3. The number of aliphatic carboxylic acids is 1. The predicted molar refractivity (Wildman–Crippen MR) is 93.3 cm³/mol. The Kier molecular flexibility index (Phi) is 5.06. The van der Waals surface area contributed by atoms with E-state index in [1.165, 1.54) is 0 Å². The summed E-state index contributed by atoms with van der Waals surface area (Å²) in [6, 6.07) is 18.3. The minimum Gasteiger partial charge on any atom is -0.480 e. The predicted octanol–water partition coefficient (Wildman–Crippen LogP) is 3.14. The van der Waals surface area contributed by atoms with Crippen LogP contribution in [0.3, 0.4) is 0 Å². The summed E-state index contributed by atoms with van der Waals surface area (Å²) in [6.45, 7) is 0. The molecule has 3 atom stereocenters. The van der Waals surface area contributed by atoms with Gasteiger partial charge in [0.25, 0.3) is 0 Å². The lowest BCUT2D eigenvalue weighted by Gasteiger charge is -2.21. The minimum absolute atomic E-state index is 0.329. The summed E-state index contributed by atoms with van der Waals surface area (Å²) in [6.07, 6.45) is 1.59. The van der Waals surface area contributed by atoms with Crippen LogP contribution in [0.1, 0.15) is 30.4 Å². The molecule has 0 aliphatic heterocycles. The maximum Gasteiger partial charge on any atom is 0.328 e. The van der Waals surface area contributed by atoms with Gasteiger partial charge in [-0.05, 0) is 12.8 Å². The zero-order valence-corrected chi connectivity index (χ0v) is 13.4. The van der Waals surface area contributed by atoms with Crippen LogP contribution in [0.4, 0.5) is 0 Å². The van der Waals surface area contributed by atoms with Gasteiger partial charge in [0.15, 0.2) is 6.04 Å². The van der Waals surface area contributed by atoms with Gasteiger partial charge in [-0.1, -0.05) is 67.1 Å². The fraction of sp³-hybridized carbons (Fsp3) is 0.300. The number of carboxylic acid groups (broad SMARTS) is 1. The van der Waals surface area contributed by atoms with Crippen molar-refractivity contribution in [2.75, 3.05) is 0 Å². The molecule has 1 aliphatic carbocycles. The molecule has 1 saturated carbocycles. The van der Waals surface area contributed by atoms with Crippen molar-refractivity contribution in [2.45, 2.75) is 31.4 Å². The van der Waals surface area contributed by atoms with E-state index in [1.54, 1.807) is 0 Å². The van der Waals surface area contributed by atoms with Crippen LogP contribution in [0.2, 0.25) is 0 Å². The molecule has 0 aromatic heterocycles. The number of aliphatic imine (C=N–C) groups is 1. The molecule has 2 aromatic rings. The molecule has 3 rings (SSSR count). The fourth-order valence-electron chi connectivity index (χ4n) is 3.32. The molecule has 1 aliphatic rings. The maximum absolute atomic E-state index is 11.8. The first-order valence-electron chi connectivity index (χ1n) is 8.26. The van der Waals surface area contributed by atoms with Crippen LogP contribution in [0.25, 0.3) is 0 Å². The quantitative estimate of drug-likeness (QED) is 0.831. The number of carbonyl (C=O) groups is 1. The molecule has 0 heterocycles. The highest BCUT2D eigenvalue weighted by molar-refractivity contribution is 6.13. The zero-order chi connectivity index (χ0) is 16.9. The van der Waals surface area contributed by atoms with Crippen LogP contribution in [0.5, 0.6) is 0 Å². The molecule has 24 heavy (non-hydrogen) atoms. The highest BCUT2D eigenvalue weighted by atomic mass is 16.4. The third-order valence-electron chi connectivity index (χ3n) is 4.55. The Hall–Kier alpha value is -2.46. The first-order chi connectivity index (χ1) is 11.7. The van der Waals surface area contributed by atoms with Gasteiger partial charge in [-0.25, -0.2) is 4.79 Å². The molecule has 2 N–H and O–H groups in total. The third-order valence-corrected chi connectivity index (χ3v) is 4.55. The molecular formula is C20H21NO3. The van der Waals surface area contributed by atoms with Crippen LogP contribution >= 0.6 is 0 Å². The molecule has 4 nitrogen and oxygen atoms in total. The van der Waals surface area contributed by atoms with E-state index in [1.807, 2.05) is 60.7 Å². The Balaban J connectivity index is 2.06. The Morgan fingerprint density at radius 1 is 0.958 bits per heavy atom. The molecule has 0 amide bonds. The van der Waals surface area contributed by atoms with Gasteiger partial charge in [-0.2, -0.15) is 0 Å². The van der Waals surface area contributed by atoms with Crippen molar-refractivity contribution in [2.24, 2.45) is 10.9 Å². The normalized spacial score (nSPS) is 21.2. The van der Waals surface area contributed by atoms with Gasteiger partial charge in [0.1, 0.15) is 0 Å². The van der Waals surface area contributed by atoms with Crippen LogP contribution < -0.4 is 0 Å². The number of carboxylic acids is 1. The van der Waals surface area contributed by atoms with Crippen molar-refractivity contribution >= 4 is 11.7 Å². The van der Waals surface area contributed by atoms with Crippen molar-refractivity contribution in [1.29, 1.82) is 0 Å². The minimum atomic E-state index is -0.981. The van der Waals surface area contributed by atoms with E-state index >= 15 is 0 Å². The Bertz CT molecular complexity index is 671. The molecule has 0 spiro atoms. The number of nitrogens with zero attached hydrogens (tertiary/aromatic N) is 1. The standard InChI is InChI=1S/C20H21NO3/c22-17-13-7-12-16(17)19(20(23)24)21-18(14-8-3-1-4-9-14)15-10-5-2-6-11-15/h1-6,8-11,16-17,19,22H,7,12-13H2,(H,23,24). The van der Waals surface area contributed by atoms with E-state index in [0.717, 1.165) is 17.5 Å². The zero-order valence-electron chi connectivity index (χ0n) is 13.4. The lowest BCUT2D eigenvalue weighted by Crippen LogP contribution is -2.34. The first-order valence-corrected chi connectivity index (χ1v) is 8.26. The summed E-state index contributed by atoms with van der Waals surface area (Å²) >= 11 is 0. The van der Waals surface area contributed by atoms with E-state index in [-0.39, 0.29) is 5.92 Å². The highest BCUT2D eigenvalue weighted by Crippen LogP contribution is 2.31. The number of aliphatic hydroxyl groups is 1. The lowest BCUT2D eigenvalue weighted by atomic mass is 9.95. The second-order valence-corrected chi connectivity index (χ2v) is 6.15. The molecule has 0 bridgehead atoms. The topological polar surface area (TPSA) is 69.9 Å². The largest absolute Gasteiger partial charge is 0.480 e. The average Bonchev–Trinajstić information content (AvgIpc) is 3.03. The number of aliphatic hydroxyl groups excluding tert-OH is 1. The molecule has 2 aromatic carbocycles. The van der Waals surface area contributed by atoms with E-state index < -0.39 is 18.1 Å². The second-order valence-electron chi connectivity index (χ2n) is 6.15. The summed E-state index contributed by atoms with van der Waals surface area (Å²) in [4.78, 5) is 16.4. The molecule has 0 saturated heterocycles. The first kappa shape index (κ1) is 16.4. The summed E-state index contributed by atoms with van der Waals surface area (Å²) in [7, 11) is 0. The van der Waals surface area contributed by atoms with Crippen LogP contribution in [-0.2, 0) is 4.79 Å². The summed E-state index contributed by atoms with van der Waals surface area (Å²) < 4.78 is 0. The van der Waals surface area contributed by atoms with Crippen molar-refractivity contribution < 1.29 is 15.0 Å². The van der Waals surface area contributed by atoms with Crippen LogP contribution in [0, 0.1) is 5.92 Å². The molecular weight excluding hydrogens is 302 g/mol. The third kappa shape index (κ3) is 3.54. The Labute approximate surface area is 141 Å². The summed E-state index contributed by atoms with van der Waals surface area (Å²) in [5.74, 6) is -1.31. The monoisotopic (exact) mass is 323 g/mol. The van der Waals surface area contributed by atoms with Crippen molar-refractivity contribution in [3.8, 4) is 0 Å². The lowest BCUT2D eigenvalue weighted by molar-refractivity contribution is -0.140. The highest BCUT2D eigenvalue weighted by Gasteiger charge is 2.37. The van der Waals surface area contributed by atoms with Gasteiger partial charge < -0.3 is 10.2 Å². The van der Waals surface area contributed by atoms with Crippen LogP contribution in [0.15, 0.2) is 65.7 Å². The fourth-order valence-corrected chi connectivity index (χ4v) is 3.32. The van der Waals surface area contributed by atoms with Gasteiger partial charge in [0.2, 0.25) is 0 Å². The number of benzene rings is 2.